The molecule has 1 heterocycles. The van der Waals surface area contributed by atoms with Crippen molar-refractivity contribution in [2.75, 3.05) is 11.8 Å². The Labute approximate surface area is 157 Å². The Balaban J connectivity index is 2.14. The normalized spacial score (nSPS) is 12.0. The number of fused-ring (bicyclic) bond motifs is 1. The van der Waals surface area contributed by atoms with Gasteiger partial charge in [0.05, 0.1) is 29.4 Å². The molecular weight excluding hydrogens is 399 g/mol. The summed E-state index contributed by atoms with van der Waals surface area (Å²) in [4.78, 5) is 19.5. The molecule has 1 aromatic heterocycles. The van der Waals surface area contributed by atoms with Crippen LogP contribution in [-0.2, 0) is 20.9 Å². The van der Waals surface area contributed by atoms with E-state index in [0.29, 0.717) is 12.1 Å². The molecule has 0 atom stereocenters. The van der Waals surface area contributed by atoms with Gasteiger partial charge in [-0.15, -0.1) is 0 Å². The summed E-state index contributed by atoms with van der Waals surface area (Å²) in [6.45, 7) is 0. The van der Waals surface area contributed by atoms with Gasteiger partial charge in [-0.05, 0) is 30.3 Å². The third-order valence-corrected chi connectivity index (χ3v) is 5.14. The van der Waals surface area contributed by atoms with E-state index >= 15 is 0 Å². The van der Waals surface area contributed by atoms with Crippen LogP contribution in [0.3, 0.4) is 0 Å². The number of hydrogen-bond donors (Lipinski definition) is 1. The number of sulfonamides is 1. The molecule has 1 N–H and O–H groups in total. The van der Waals surface area contributed by atoms with Gasteiger partial charge < -0.3 is 4.74 Å². The Morgan fingerprint density at radius 1 is 1.11 bits per heavy atom. The van der Waals surface area contributed by atoms with E-state index in [9.17, 15) is 26.4 Å². The molecule has 7 nitrogen and oxygen atoms in total. The minimum atomic E-state index is -4.74. The smallest absolute Gasteiger partial charge is 0.416 e. The maximum atomic E-state index is 13.0. The lowest BCUT2D eigenvalue weighted by Crippen LogP contribution is -2.18. The molecule has 0 unspecified atom stereocenters. The molecule has 146 valence electrons. The van der Waals surface area contributed by atoms with Crippen LogP contribution in [0.2, 0.25) is 0 Å². The molecule has 11 heteroatoms. The van der Waals surface area contributed by atoms with Gasteiger partial charge in [0.15, 0.2) is 0 Å². The average Bonchev–Trinajstić information content (AvgIpc) is 2.65. The van der Waals surface area contributed by atoms with Crippen molar-refractivity contribution in [1.29, 1.82) is 0 Å². The highest BCUT2D eigenvalue weighted by Gasteiger charge is 2.32. The maximum absolute atomic E-state index is 13.0. The van der Waals surface area contributed by atoms with E-state index in [4.69, 9.17) is 0 Å². The molecule has 0 amide bonds. The molecule has 0 fully saturated rings. The summed E-state index contributed by atoms with van der Waals surface area (Å²) in [5.74, 6) is -0.996. The topological polar surface area (TPSA) is 98.2 Å². The van der Waals surface area contributed by atoms with Crippen LogP contribution < -0.4 is 4.72 Å². The number of carbonyl (C=O) groups excluding carboxylic acids is 1. The van der Waals surface area contributed by atoms with Gasteiger partial charge in [-0.1, -0.05) is 6.07 Å². The first kappa shape index (κ1) is 19.5. The fraction of sp³-hybridized carbons (Fsp3) is 0.118. The summed E-state index contributed by atoms with van der Waals surface area (Å²) in [7, 11) is -3.37. The Morgan fingerprint density at radius 3 is 2.50 bits per heavy atom. The third-order valence-electron chi connectivity index (χ3n) is 3.75. The number of anilines is 1. The van der Waals surface area contributed by atoms with E-state index < -0.39 is 33.4 Å². The van der Waals surface area contributed by atoms with Crippen molar-refractivity contribution in [2.45, 2.75) is 11.1 Å². The minimum absolute atomic E-state index is 0.0316. The molecule has 28 heavy (non-hydrogen) atoms. The molecular formula is C17H12F3N3O4S. The van der Waals surface area contributed by atoms with Crippen molar-refractivity contribution in [3.63, 3.8) is 0 Å². The molecule has 0 radical (unpaired) electrons. The first-order chi connectivity index (χ1) is 13.1. The van der Waals surface area contributed by atoms with Crippen LogP contribution in [0.5, 0.6) is 0 Å². The van der Waals surface area contributed by atoms with Gasteiger partial charge in [-0.3, -0.25) is 14.7 Å². The number of methoxy groups -OCH3 is 1. The molecule has 0 spiro atoms. The lowest BCUT2D eigenvalue weighted by atomic mass is 10.1. The monoisotopic (exact) mass is 411 g/mol. The second kappa shape index (κ2) is 7.08. The Kier molecular flexibility index (Phi) is 4.94. The van der Waals surface area contributed by atoms with Gasteiger partial charge in [0.1, 0.15) is 10.4 Å². The summed E-state index contributed by atoms with van der Waals surface area (Å²) >= 11 is 0. The number of carbonyl (C=O) groups is 1. The number of esters is 1. The van der Waals surface area contributed by atoms with E-state index in [0.717, 1.165) is 13.2 Å². The molecule has 0 bridgehead atoms. The van der Waals surface area contributed by atoms with E-state index in [1.807, 2.05) is 4.72 Å². The predicted molar refractivity (Wildman–Crippen MR) is 93.1 cm³/mol. The molecule has 3 rings (SSSR count). The number of ether oxygens (including phenoxy) is 1. The van der Waals surface area contributed by atoms with Gasteiger partial charge >= 0.3 is 12.1 Å². The summed E-state index contributed by atoms with van der Waals surface area (Å²) in [6, 6.07) is 6.21. The van der Waals surface area contributed by atoms with Crippen LogP contribution in [0.1, 0.15) is 15.9 Å². The van der Waals surface area contributed by atoms with Crippen LogP contribution in [0, 0.1) is 0 Å². The zero-order valence-electron chi connectivity index (χ0n) is 14.2. The number of nitrogens with one attached hydrogen (secondary N) is 1. The average molecular weight is 411 g/mol. The molecule has 3 aromatic rings. The van der Waals surface area contributed by atoms with Crippen LogP contribution in [0.25, 0.3) is 11.0 Å². The number of hydrogen-bond acceptors (Lipinski definition) is 6. The van der Waals surface area contributed by atoms with Crippen molar-refractivity contribution in [3.05, 3.63) is 59.9 Å². The lowest BCUT2D eigenvalue weighted by Gasteiger charge is -2.15. The SMILES string of the molecule is COC(=O)c1ccc(C(F)(F)F)cc1NS(=O)(=O)c1cccc2nccnc12. The maximum Gasteiger partial charge on any atom is 0.416 e. The number of para-hydroxylation sites is 1. The van der Waals surface area contributed by atoms with Crippen molar-refractivity contribution in [2.24, 2.45) is 0 Å². The number of aromatic nitrogens is 2. The predicted octanol–water partition coefficient (Wildman–Crippen LogP) is 3.24. The standard InChI is InChI=1S/C17H12F3N3O4S/c1-27-16(24)11-6-5-10(17(18,19)20)9-13(11)23-28(25,26)14-4-2-3-12-15(14)22-8-7-21-12/h2-9,23H,1H3. The van der Waals surface area contributed by atoms with Gasteiger partial charge in [0.25, 0.3) is 10.0 Å². The minimum Gasteiger partial charge on any atom is -0.465 e. The molecule has 0 aliphatic rings. The van der Waals surface area contributed by atoms with Crippen LogP contribution >= 0.6 is 0 Å². The number of rotatable bonds is 4. The second-order valence-electron chi connectivity index (χ2n) is 5.54. The quantitative estimate of drug-likeness (QED) is 0.662. The zero-order chi connectivity index (χ0) is 20.5. The largest absolute Gasteiger partial charge is 0.465 e. The van der Waals surface area contributed by atoms with Crippen molar-refractivity contribution in [3.8, 4) is 0 Å². The third kappa shape index (κ3) is 3.74. The van der Waals surface area contributed by atoms with Crippen LogP contribution in [0.15, 0.2) is 53.7 Å². The molecule has 0 aliphatic heterocycles. The lowest BCUT2D eigenvalue weighted by molar-refractivity contribution is -0.137. The highest BCUT2D eigenvalue weighted by molar-refractivity contribution is 7.93. The molecule has 0 saturated heterocycles. The first-order valence-electron chi connectivity index (χ1n) is 7.65. The van der Waals surface area contributed by atoms with Gasteiger partial charge in [-0.25, -0.2) is 13.2 Å². The van der Waals surface area contributed by atoms with E-state index in [1.165, 1.54) is 30.6 Å². The van der Waals surface area contributed by atoms with Crippen LogP contribution in [-0.4, -0.2) is 31.5 Å². The Bertz CT molecular complexity index is 1160. The summed E-state index contributed by atoms with van der Waals surface area (Å²) in [5, 5.41) is 0. The number of halogens is 3. The number of benzene rings is 2. The van der Waals surface area contributed by atoms with Crippen LogP contribution in [0.4, 0.5) is 18.9 Å². The van der Waals surface area contributed by atoms with Gasteiger partial charge in [0, 0.05) is 12.4 Å². The highest BCUT2D eigenvalue weighted by Crippen LogP contribution is 2.33. The number of nitrogens with zero attached hydrogens (tertiary/aromatic N) is 2. The summed E-state index contributed by atoms with van der Waals surface area (Å²) in [6.07, 6.45) is -2.08. The van der Waals surface area contributed by atoms with Crippen molar-refractivity contribution < 1.29 is 31.1 Å². The van der Waals surface area contributed by atoms with E-state index in [2.05, 4.69) is 14.7 Å². The second-order valence-corrected chi connectivity index (χ2v) is 7.19. The summed E-state index contributed by atoms with van der Waals surface area (Å²) < 4.78 is 71.3. The van der Waals surface area contributed by atoms with Crippen molar-refractivity contribution in [1.82, 2.24) is 9.97 Å². The molecule has 0 aliphatic carbocycles. The number of alkyl halides is 3. The zero-order valence-corrected chi connectivity index (χ0v) is 15.0. The van der Waals surface area contributed by atoms with Gasteiger partial charge in [0.2, 0.25) is 0 Å². The van der Waals surface area contributed by atoms with E-state index in [-0.39, 0.29) is 21.5 Å². The highest BCUT2D eigenvalue weighted by atomic mass is 32.2. The fourth-order valence-corrected chi connectivity index (χ4v) is 3.71. The Morgan fingerprint density at radius 2 is 1.82 bits per heavy atom. The molecule has 0 saturated carbocycles. The summed E-state index contributed by atoms with van der Waals surface area (Å²) in [5.41, 5.74) is -1.75. The Hall–Kier alpha value is -3.21. The first-order valence-corrected chi connectivity index (χ1v) is 9.14. The van der Waals surface area contributed by atoms with Gasteiger partial charge in [-0.2, -0.15) is 13.2 Å². The van der Waals surface area contributed by atoms with Crippen molar-refractivity contribution >= 4 is 32.7 Å². The molecule has 2 aromatic carbocycles. The fourth-order valence-electron chi connectivity index (χ4n) is 2.48. The van der Waals surface area contributed by atoms with E-state index in [1.54, 1.807) is 0 Å².